The number of anilines is 2. The fourth-order valence-corrected chi connectivity index (χ4v) is 3.82. The Labute approximate surface area is 180 Å². The van der Waals surface area contributed by atoms with E-state index < -0.39 is 0 Å². The Bertz CT molecular complexity index is 1060. The zero-order valence-corrected chi connectivity index (χ0v) is 17.4. The Hall–Kier alpha value is -2.90. The van der Waals surface area contributed by atoms with Gasteiger partial charge in [0.2, 0.25) is 5.95 Å². The molecule has 156 valence electrons. The molecule has 2 unspecified atom stereocenters. The van der Waals surface area contributed by atoms with Gasteiger partial charge in [-0.3, -0.25) is 10.1 Å². The normalized spacial score (nSPS) is 18.8. The first-order valence-electron chi connectivity index (χ1n) is 9.98. The van der Waals surface area contributed by atoms with Gasteiger partial charge in [0, 0.05) is 28.1 Å². The average molecular weight is 426 g/mol. The first-order valence-corrected chi connectivity index (χ1v) is 10.4. The molecule has 0 spiro atoms. The summed E-state index contributed by atoms with van der Waals surface area (Å²) in [5.74, 6) is 1.26. The fraction of sp³-hybridized carbons (Fsp3) is 0.318. The molecule has 1 heterocycles. The van der Waals surface area contributed by atoms with E-state index in [1.807, 2.05) is 18.2 Å². The number of fused-ring (bicyclic) bond motifs is 1. The highest BCUT2D eigenvalue weighted by Gasteiger charge is 2.23. The molecule has 2 atom stereocenters. The number of hydrogen-bond acceptors (Lipinski definition) is 6. The lowest BCUT2D eigenvalue weighted by molar-refractivity contribution is 0.102. The van der Waals surface area contributed by atoms with E-state index in [9.17, 15) is 4.79 Å². The maximum Gasteiger partial charge on any atom is 0.258 e. The minimum Gasteiger partial charge on any atom is -0.497 e. The minimum absolute atomic E-state index is 0.0569. The van der Waals surface area contributed by atoms with E-state index in [2.05, 4.69) is 20.6 Å². The lowest BCUT2D eigenvalue weighted by atomic mass is 9.91. The molecule has 8 heteroatoms. The Morgan fingerprint density at radius 2 is 1.90 bits per heavy atom. The number of amides is 1. The second kappa shape index (κ2) is 8.85. The molecule has 1 aliphatic rings. The molecule has 3 aromatic rings. The molecule has 4 rings (SSSR count). The van der Waals surface area contributed by atoms with Gasteiger partial charge in [-0.1, -0.05) is 24.4 Å². The number of nitrogens with zero attached hydrogens (tertiary/aromatic N) is 2. The SMILES string of the molecule is COc1ccc2nc(NC(=O)c3ccc(Cl)cc3)nc(NC3CCCCC3N)c2c1. The van der Waals surface area contributed by atoms with Crippen LogP contribution >= 0.6 is 11.6 Å². The van der Waals surface area contributed by atoms with Crippen LogP contribution in [0.15, 0.2) is 42.5 Å². The predicted molar refractivity (Wildman–Crippen MR) is 119 cm³/mol. The predicted octanol–water partition coefficient (Wildman–Crippen LogP) is 4.23. The van der Waals surface area contributed by atoms with E-state index in [4.69, 9.17) is 22.1 Å². The van der Waals surface area contributed by atoms with Crippen molar-refractivity contribution in [3.8, 4) is 5.75 Å². The van der Waals surface area contributed by atoms with Gasteiger partial charge in [0.05, 0.1) is 12.6 Å². The van der Waals surface area contributed by atoms with Crippen molar-refractivity contribution in [1.29, 1.82) is 0 Å². The lowest BCUT2D eigenvalue weighted by Crippen LogP contribution is -2.42. The largest absolute Gasteiger partial charge is 0.497 e. The van der Waals surface area contributed by atoms with Crippen molar-refractivity contribution in [2.75, 3.05) is 17.7 Å². The number of halogens is 1. The topological polar surface area (TPSA) is 102 Å². The highest BCUT2D eigenvalue weighted by molar-refractivity contribution is 6.30. The molecule has 1 aliphatic carbocycles. The van der Waals surface area contributed by atoms with E-state index in [1.165, 1.54) is 0 Å². The highest BCUT2D eigenvalue weighted by Crippen LogP contribution is 2.29. The highest BCUT2D eigenvalue weighted by atomic mass is 35.5. The van der Waals surface area contributed by atoms with E-state index >= 15 is 0 Å². The molecule has 1 fully saturated rings. The molecule has 7 nitrogen and oxygen atoms in total. The average Bonchev–Trinajstić information content (AvgIpc) is 2.75. The number of carbonyl (C=O) groups excluding carboxylic acids is 1. The zero-order chi connectivity index (χ0) is 21.1. The van der Waals surface area contributed by atoms with Crippen LogP contribution in [0.25, 0.3) is 10.9 Å². The van der Waals surface area contributed by atoms with Crippen LogP contribution < -0.4 is 21.1 Å². The molecule has 0 bridgehead atoms. The van der Waals surface area contributed by atoms with Gasteiger partial charge < -0.3 is 15.8 Å². The summed E-state index contributed by atoms with van der Waals surface area (Å²) < 4.78 is 5.36. The van der Waals surface area contributed by atoms with Crippen molar-refractivity contribution >= 4 is 40.2 Å². The van der Waals surface area contributed by atoms with Crippen molar-refractivity contribution in [2.45, 2.75) is 37.8 Å². The monoisotopic (exact) mass is 425 g/mol. The van der Waals surface area contributed by atoms with Gasteiger partial charge in [-0.2, -0.15) is 4.98 Å². The summed E-state index contributed by atoms with van der Waals surface area (Å²) >= 11 is 5.91. The molecular weight excluding hydrogens is 402 g/mol. The third-order valence-corrected chi connectivity index (χ3v) is 5.63. The molecule has 0 aliphatic heterocycles. The maximum atomic E-state index is 12.6. The lowest BCUT2D eigenvalue weighted by Gasteiger charge is -2.30. The van der Waals surface area contributed by atoms with E-state index in [1.54, 1.807) is 31.4 Å². The summed E-state index contributed by atoms with van der Waals surface area (Å²) in [7, 11) is 1.62. The zero-order valence-electron chi connectivity index (χ0n) is 16.7. The van der Waals surface area contributed by atoms with E-state index in [0.29, 0.717) is 27.7 Å². The van der Waals surface area contributed by atoms with Crippen molar-refractivity contribution in [3.63, 3.8) is 0 Å². The Morgan fingerprint density at radius 3 is 2.63 bits per heavy atom. The van der Waals surface area contributed by atoms with Crippen LogP contribution in [-0.2, 0) is 0 Å². The van der Waals surface area contributed by atoms with Gasteiger partial charge in [-0.05, 0) is 55.3 Å². The Balaban J connectivity index is 1.68. The van der Waals surface area contributed by atoms with Crippen molar-refractivity contribution in [3.05, 3.63) is 53.1 Å². The second-order valence-electron chi connectivity index (χ2n) is 7.44. The second-order valence-corrected chi connectivity index (χ2v) is 7.88. The van der Waals surface area contributed by atoms with E-state index in [0.717, 1.165) is 31.1 Å². The van der Waals surface area contributed by atoms with Crippen molar-refractivity contribution in [1.82, 2.24) is 9.97 Å². The maximum absolute atomic E-state index is 12.6. The summed E-state index contributed by atoms with van der Waals surface area (Å²) in [5.41, 5.74) is 7.49. The third-order valence-electron chi connectivity index (χ3n) is 5.38. The Morgan fingerprint density at radius 1 is 1.13 bits per heavy atom. The summed E-state index contributed by atoms with van der Waals surface area (Å²) in [4.78, 5) is 21.7. The van der Waals surface area contributed by atoms with Gasteiger partial charge >= 0.3 is 0 Å². The molecule has 1 aromatic heterocycles. The number of ether oxygens (including phenoxy) is 1. The van der Waals surface area contributed by atoms with Crippen LogP contribution in [0, 0.1) is 0 Å². The molecular formula is C22H24ClN5O2. The molecule has 30 heavy (non-hydrogen) atoms. The van der Waals surface area contributed by atoms with Crippen LogP contribution in [0.4, 0.5) is 11.8 Å². The number of methoxy groups -OCH3 is 1. The van der Waals surface area contributed by atoms with Crippen LogP contribution in [0.1, 0.15) is 36.0 Å². The Kier molecular flexibility index (Phi) is 6.01. The number of hydrogen-bond donors (Lipinski definition) is 3. The first kappa shape index (κ1) is 20.4. The number of nitrogens with one attached hydrogen (secondary N) is 2. The van der Waals surface area contributed by atoms with Gasteiger partial charge in [0.15, 0.2) is 0 Å². The number of nitrogens with two attached hydrogens (primary N) is 1. The van der Waals surface area contributed by atoms with Crippen molar-refractivity contribution < 1.29 is 9.53 Å². The van der Waals surface area contributed by atoms with Crippen LogP contribution in [0.3, 0.4) is 0 Å². The van der Waals surface area contributed by atoms with Gasteiger partial charge in [0.25, 0.3) is 5.91 Å². The molecule has 1 amide bonds. The van der Waals surface area contributed by atoms with Crippen LogP contribution in [0.5, 0.6) is 5.75 Å². The smallest absolute Gasteiger partial charge is 0.258 e. The summed E-state index contributed by atoms with van der Waals surface area (Å²) in [6.45, 7) is 0. The standard InChI is InChI=1S/C22H24ClN5O2/c1-30-15-10-11-18-16(12-15)20(25-19-5-3-2-4-17(19)24)27-22(26-18)28-21(29)13-6-8-14(23)9-7-13/h6-12,17,19H,2-5,24H2,1H3,(H2,25,26,27,28,29). The number of carbonyl (C=O) groups is 1. The summed E-state index contributed by atoms with van der Waals surface area (Å²) in [5, 5.41) is 7.65. The minimum atomic E-state index is -0.306. The van der Waals surface area contributed by atoms with Gasteiger partial charge in [-0.25, -0.2) is 4.98 Å². The molecule has 1 saturated carbocycles. The van der Waals surface area contributed by atoms with Gasteiger partial charge in [-0.15, -0.1) is 0 Å². The first-order chi connectivity index (χ1) is 14.5. The summed E-state index contributed by atoms with van der Waals surface area (Å²) in [6, 6.07) is 12.4. The molecule has 0 saturated heterocycles. The van der Waals surface area contributed by atoms with E-state index in [-0.39, 0.29) is 23.9 Å². The van der Waals surface area contributed by atoms with Gasteiger partial charge in [0.1, 0.15) is 11.6 Å². The van der Waals surface area contributed by atoms with Crippen molar-refractivity contribution in [2.24, 2.45) is 5.73 Å². The molecule has 2 aromatic carbocycles. The van der Waals surface area contributed by atoms with Crippen LogP contribution in [-0.4, -0.2) is 35.1 Å². The molecule has 4 N–H and O–H groups in total. The molecule has 0 radical (unpaired) electrons. The number of benzene rings is 2. The fourth-order valence-electron chi connectivity index (χ4n) is 3.69. The third kappa shape index (κ3) is 4.47. The quantitative estimate of drug-likeness (QED) is 0.565. The number of rotatable bonds is 5. The van der Waals surface area contributed by atoms with Crippen LogP contribution in [0.2, 0.25) is 5.02 Å². The summed E-state index contributed by atoms with van der Waals surface area (Å²) in [6.07, 6.45) is 4.21. The number of aromatic nitrogens is 2.